The summed E-state index contributed by atoms with van der Waals surface area (Å²) in [6, 6.07) is 7.57. The molecule has 180 valence electrons. The number of nitrogens with one attached hydrogen (secondary N) is 1. The Morgan fingerprint density at radius 3 is 2.49 bits per heavy atom. The Kier molecular flexibility index (Phi) is 6.50. The van der Waals surface area contributed by atoms with Crippen LogP contribution in [0.4, 0.5) is 8.78 Å². The Bertz CT molecular complexity index is 1490. The second-order valence-electron chi connectivity index (χ2n) is 8.08. The van der Waals surface area contributed by atoms with Gasteiger partial charge in [0.1, 0.15) is 11.3 Å². The number of phenolic OH excluding ortho intramolecular Hbond substituents is 1. The van der Waals surface area contributed by atoms with Gasteiger partial charge in [-0.2, -0.15) is 0 Å². The number of rotatable bonds is 7. The molecular weight excluding hydrogens is 460 g/mol. The molecule has 0 bridgehead atoms. The first-order chi connectivity index (χ1) is 16.7. The number of hydrogen-bond acceptors (Lipinski definition) is 5. The number of unbranched alkanes of at least 4 members (excludes halogenated alkanes) is 2. The van der Waals surface area contributed by atoms with E-state index in [0.717, 1.165) is 43.5 Å². The number of hydrogen-bond donors (Lipinski definition) is 3. The third kappa shape index (κ3) is 4.57. The SMILES string of the molecule is CCCCCNC(=O)c1ccc(C(=O)O)c(-c2c3cc(F)c(=O)cc-3oc3cc(O)c(F)cc23)c1. The van der Waals surface area contributed by atoms with Crippen molar-refractivity contribution in [3.8, 4) is 28.2 Å². The van der Waals surface area contributed by atoms with Gasteiger partial charge >= 0.3 is 5.97 Å². The van der Waals surface area contributed by atoms with Gasteiger partial charge in [0.2, 0.25) is 5.43 Å². The first kappa shape index (κ1) is 23.9. The molecule has 0 saturated carbocycles. The van der Waals surface area contributed by atoms with Gasteiger partial charge in [0.15, 0.2) is 17.4 Å². The maximum atomic E-state index is 14.4. The molecule has 0 spiro atoms. The molecule has 0 saturated heterocycles. The number of aromatic carboxylic acids is 1. The molecular formula is C26H21F2NO6. The maximum Gasteiger partial charge on any atom is 0.336 e. The summed E-state index contributed by atoms with van der Waals surface area (Å²) in [7, 11) is 0. The topological polar surface area (TPSA) is 117 Å². The van der Waals surface area contributed by atoms with Crippen molar-refractivity contribution in [3.63, 3.8) is 0 Å². The van der Waals surface area contributed by atoms with Crippen LogP contribution in [-0.2, 0) is 0 Å². The summed E-state index contributed by atoms with van der Waals surface area (Å²) < 4.78 is 34.3. The zero-order valence-corrected chi connectivity index (χ0v) is 18.7. The molecule has 1 aliphatic heterocycles. The fraction of sp³-hybridized carbons (Fsp3) is 0.192. The molecule has 2 aromatic rings. The Labute approximate surface area is 198 Å². The normalized spacial score (nSPS) is 11.2. The number of amides is 1. The van der Waals surface area contributed by atoms with Crippen molar-refractivity contribution in [1.29, 1.82) is 0 Å². The third-order valence-electron chi connectivity index (χ3n) is 5.69. The van der Waals surface area contributed by atoms with Crippen molar-refractivity contribution in [3.05, 3.63) is 75.4 Å². The predicted molar refractivity (Wildman–Crippen MR) is 125 cm³/mol. The lowest BCUT2D eigenvalue weighted by atomic mass is 9.89. The van der Waals surface area contributed by atoms with Gasteiger partial charge in [-0.3, -0.25) is 9.59 Å². The fourth-order valence-corrected chi connectivity index (χ4v) is 3.95. The molecule has 1 aliphatic carbocycles. The molecule has 0 radical (unpaired) electrons. The van der Waals surface area contributed by atoms with E-state index in [2.05, 4.69) is 5.32 Å². The molecule has 2 aliphatic rings. The van der Waals surface area contributed by atoms with Crippen LogP contribution in [0.15, 0.2) is 51.7 Å². The zero-order chi connectivity index (χ0) is 25.3. The maximum absolute atomic E-state index is 14.4. The number of halogens is 2. The van der Waals surface area contributed by atoms with Crippen LogP contribution in [-0.4, -0.2) is 28.6 Å². The van der Waals surface area contributed by atoms with Gasteiger partial charge in [0, 0.05) is 40.8 Å². The van der Waals surface area contributed by atoms with Gasteiger partial charge in [-0.1, -0.05) is 19.8 Å². The predicted octanol–water partition coefficient (Wildman–Crippen LogP) is 5.17. The highest BCUT2D eigenvalue weighted by Gasteiger charge is 2.25. The van der Waals surface area contributed by atoms with Crippen LogP contribution in [0.25, 0.3) is 33.4 Å². The summed E-state index contributed by atoms with van der Waals surface area (Å²) in [6.45, 7) is 2.46. The quantitative estimate of drug-likeness (QED) is 0.248. The molecule has 0 aromatic heterocycles. The molecule has 35 heavy (non-hydrogen) atoms. The van der Waals surface area contributed by atoms with E-state index in [9.17, 15) is 33.4 Å². The Balaban J connectivity index is 2.01. The van der Waals surface area contributed by atoms with Crippen LogP contribution in [0.3, 0.4) is 0 Å². The molecule has 7 nitrogen and oxygen atoms in total. The van der Waals surface area contributed by atoms with E-state index in [1.54, 1.807) is 0 Å². The fourth-order valence-electron chi connectivity index (χ4n) is 3.95. The average molecular weight is 481 g/mol. The Morgan fingerprint density at radius 1 is 1.00 bits per heavy atom. The van der Waals surface area contributed by atoms with Crippen LogP contribution >= 0.6 is 0 Å². The first-order valence-corrected chi connectivity index (χ1v) is 11.0. The van der Waals surface area contributed by atoms with Crippen molar-refractivity contribution in [2.45, 2.75) is 26.2 Å². The summed E-state index contributed by atoms with van der Waals surface area (Å²) in [5, 5.41) is 22.5. The number of carbonyl (C=O) groups excluding carboxylic acids is 1. The number of carboxylic acid groups (broad SMARTS) is 1. The summed E-state index contributed by atoms with van der Waals surface area (Å²) in [4.78, 5) is 36.7. The van der Waals surface area contributed by atoms with Crippen LogP contribution in [0.1, 0.15) is 46.9 Å². The molecule has 0 fully saturated rings. The second kappa shape index (κ2) is 9.54. The lowest BCUT2D eigenvalue weighted by molar-refractivity contribution is 0.0697. The van der Waals surface area contributed by atoms with Crippen molar-refractivity contribution in [2.75, 3.05) is 6.54 Å². The van der Waals surface area contributed by atoms with Crippen molar-refractivity contribution in [2.24, 2.45) is 0 Å². The van der Waals surface area contributed by atoms with Crippen LogP contribution in [0, 0.1) is 11.6 Å². The molecule has 0 unspecified atom stereocenters. The molecule has 4 rings (SSSR count). The molecule has 0 atom stereocenters. The van der Waals surface area contributed by atoms with E-state index in [0.29, 0.717) is 6.54 Å². The van der Waals surface area contributed by atoms with E-state index in [-0.39, 0.29) is 44.5 Å². The number of phenols is 1. The molecule has 9 heteroatoms. The van der Waals surface area contributed by atoms with Gasteiger partial charge < -0.3 is 19.9 Å². The van der Waals surface area contributed by atoms with E-state index in [1.807, 2.05) is 6.92 Å². The standard InChI is InChI=1S/C26H21F2NO6/c1-2-3-4-7-29-25(32)13-5-6-14(26(33)34)15(8-13)24-16-9-18(27)20(30)11-22(16)35-23-12-21(31)19(28)10-17(23)24/h5-6,8-12,30H,2-4,7H2,1H3,(H,29,32)(H,33,34). The lowest BCUT2D eigenvalue weighted by Crippen LogP contribution is -2.24. The summed E-state index contributed by atoms with van der Waals surface area (Å²) in [5.41, 5.74) is -1.09. The van der Waals surface area contributed by atoms with E-state index >= 15 is 0 Å². The number of benzene rings is 3. The number of carboxylic acids is 1. The lowest BCUT2D eigenvalue weighted by Gasteiger charge is -2.18. The minimum Gasteiger partial charge on any atom is -0.505 e. The zero-order valence-electron chi connectivity index (χ0n) is 18.7. The van der Waals surface area contributed by atoms with E-state index in [1.165, 1.54) is 18.2 Å². The Hall–Kier alpha value is -4.27. The van der Waals surface area contributed by atoms with Crippen LogP contribution < -0.4 is 10.7 Å². The largest absolute Gasteiger partial charge is 0.505 e. The van der Waals surface area contributed by atoms with Crippen LogP contribution in [0.2, 0.25) is 0 Å². The molecule has 2 aromatic carbocycles. The third-order valence-corrected chi connectivity index (χ3v) is 5.69. The van der Waals surface area contributed by atoms with Gasteiger partial charge in [-0.15, -0.1) is 0 Å². The number of aromatic hydroxyl groups is 1. The minimum absolute atomic E-state index is 0.00249. The van der Waals surface area contributed by atoms with Gasteiger partial charge in [-0.25, -0.2) is 13.6 Å². The summed E-state index contributed by atoms with van der Waals surface area (Å²) in [5.74, 6) is -4.74. The van der Waals surface area contributed by atoms with Crippen LogP contribution in [0.5, 0.6) is 5.75 Å². The van der Waals surface area contributed by atoms with Crippen molar-refractivity contribution >= 4 is 22.8 Å². The second-order valence-corrected chi connectivity index (χ2v) is 8.08. The highest BCUT2D eigenvalue weighted by Crippen LogP contribution is 2.43. The van der Waals surface area contributed by atoms with Gasteiger partial charge in [0.05, 0.1) is 5.56 Å². The summed E-state index contributed by atoms with van der Waals surface area (Å²) in [6.07, 6.45) is 2.68. The average Bonchev–Trinajstić information content (AvgIpc) is 2.82. The van der Waals surface area contributed by atoms with Crippen molar-refractivity contribution < 1.29 is 33.0 Å². The Morgan fingerprint density at radius 2 is 1.77 bits per heavy atom. The summed E-state index contributed by atoms with van der Waals surface area (Å²) >= 11 is 0. The first-order valence-electron chi connectivity index (χ1n) is 11.0. The number of fused-ring (bicyclic) bond motifs is 2. The van der Waals surface area contributed by atoms with E-state index < -0.39 is 34.7 Å². The molecule has 3 N–H and O–H groups in total. The van der Waals surface area contributed by atoms with Gasteiger partial charge in [-0.05, 0) is 42.3 Å². The van der Waals surface area contributed by atoms with Crippen molar-refractivity contribution in [1.82, 2.24) is 5.32 Å². The van der Waals surface area contributed by atoms with Gasteiger partial charge in [0.25, 0.3) is 5.91 Å². The minimum atomic E-state index is -1.34. The molecule has 1 heterocycles. The van der Waals surface area contributed by atoms with E-state index in [4.69, 9.17) is 4.42 Å². The smallest absolute Gasteiger partial charge is 0.336 e. The number of carbonyl (C=O) groups is 2. The highest BCUT2D eigenvalue weighted by molar-refractivity contribution is 6.09. The highest BCUT2D eigenvalue weighted by atomic mass is 19.1. The molecule has 1 amide bonds. The monoisotopic (exact) mass is 481 g/mol.